The Morgan fingerprint density at radius 1 is 0.944 bits per heavy atom. The Bertz CT molecular complexity index is 1170. The number of piperazine rings is 1. The summed E-state index contributed by atoms with van der Waals surface area (Å²) in [5, 5.41) is 3.59. The molecule has 0 unspecified atom stereocenters. The van der Waals surface area contributed by atoms with Crippen LogP contribution in [0.3, 0.4) is 0 Å². The molecule has 0 aromatic heterocycles. The molecule has 1 aliphatic rings. The maximum Gasteiger partial charge on any atom is 0.262 e. The Morgan fingerprint density at radius 3 is 2.28 bits per heavy atom. The van der Waals surface area contributed by atoms with Gasteiger partial charge in [-0.1, -0.05) is 49.7 Å². The summed E-state index contributed by atoms with van der Waals surface area (Å²) >= 11 is 5.94. The van der Waals surface area contributed by atoms with Crippen LogP contribution in [0.2, 0.25) is 5.02 Å². The van der Waals surface area contributed by atoms with E-state index < -0.39 is 0 Å². The van der Waals surface area contributed by atoms with Gasteiger partial charge in [0.15, 0.2) is 6.61 Å². The van der Waals surface area contributed by atoms with E-state index in [4.69, 9.17) is 16.3 Å². The SMILES string of the molecule is CC[C@H](C)c1ccc(OCC(=O)Nc2ccccc2N2CCN(C(=O)c3ccc(Cl)cc3)CC2)cc1. The summed E-state index contributed by atoms with van der Waals surface area (Å²) in [4.78, 5) is 29.5. The van der Waals surface area contributed by atoms with Gasteiger partial charge in [-0.15, -0.1) is 0 Å². The van der Waals surface area contributed by atoms with E-state index in [1.807, 2.05) is 53.4 Å². The van der Waals surface area contributed by atoms with Crippen LogP contribution in [0.15, 0.2) is 72.8 Å². The number of halogens is 1. The number of nitrogens with zero attached hydrogens (tertiary/aromatic N) is 2. The van der Waals surface area contributed by atoms with Crippen molar-refractivity contribution in [3.05, 3.63) is 88.9 Å². The number of carbonyl (C=O) groups is 2. The van der Waals surface area contributed by atoms with Crippen molar-refractivity contribution in [3.63, 3.8) is 0 Å². The monoisotopic (exact) mass is 505 g/mol. The predicted molar refractivity (Wildman–Crippen MR) is 145 cm³/mol. The zero-order chi connectivity index (χ0) is 25.5. The molecule has 1 N–H and O–H groups in total. The van der Waals surface area contributed by atoms with E-state index in [9.17, 15) is 9.59 Å². The van der Waals surface area contributed by atoms with Gasteiger partial charge in [-0.05, 0) is 66.4 Å². The van der Waals surface area contributed by atoms with E-state index in [0.29, 0.717) is 48.4 Å². The first kappa shape index (κ1) is 25.6. The molecular formula is C29H32ClN3O3. The van der Waals surface area contributed by atoms with Gasteiger partial charge < -0.3 is 19.9 Å². The third kappa shape index (κ3) is 6.38. The fraction of sp³-hybridized carbons (Fsp3) is 0.310. The molecule has 1 aliphatic heterocycles. The van der Waals surface area contributed by atoms with Gasteiger partial charge in [0.05, 0.1) is 11.4 Å². The van der Waals surface area contributed by atoms with Gasteiger partial charge in [-0.3, -0.25) is 9.59 Å². The number of amides is 2. The van der Waals surface area contributed by atoms with Crippen LogP contribution < -0.4 is 15.0 Å². The van der Waals surface area contributed by atoms with Crippen molar-refractivity contribution in [3.8, 4) is 5.75 Å². The molecule has 188 valence electrons. The van der Waals surface area contributed by atoms with Crippen LogP contribution in [0.4, 0.5) is 11.4 Å². The van der Waals surface area contributed by atoms with Crippen LogP contribution in [0, 0.1) is 0 Å². The first-order chi connectivity index (χ1) is 17.4. The van der Waals surface area contributed by atoms with Gasteiger partial charge in [0.25, 0.3) is 11.8 Å². The van der Waals surface area contributed by atoms with Crippen LogP contribution in [-0.4, -0.2) is 49.5 Å². The molecule has 1 heterocycles. The highest BCUT2D eigenvalue weighted by molar-refractivity contribution is 6.30. The summed E-state index contributed by atoms with van der Waals surface area (Å²) in [6, 6.07) is 22.6. The predicted octanol–water partition coefficient (Wildman–Crippen LogP) is 5.83. The number of benzene rings is 3. The molecule has 0 radical (unpaired) electrons. The van der Waals surface area contributed by atoms with Crippen LogP contribution >= 0.6 is 11.6 Å². The Labute approximate surface area is 217 Å². The van der Waals surface area contributed by atoms with Crippen LogP contribution in [0.5, 0.6) is 5.75 Å². The molecule has 3 aromatic rings. The summed E-state index contributed by atoms with van der Waals surface area (Å²) in [5.74, 6) is 0.954. The lowest BCUT2D eigenvalue weighted by molar-refractivity contribution is -0.118. The van der Waals surface area contributed by atoms with E-state index in [2.05, 4.69) is 24.1 Å². The number of nitrogens with one attached hydrogen (secondary N) is 1. The molecule has 36 heavy (non-hydrogen) atoms. The van der Waals surface area contributed by atoms with Crippen molar-refractivity contribution < 1.29 is 14.3 Å². The lowest BCUT2D eigenvalue weighted by Gasteiger charge is -2.37. The number of anilines is 2. The Morgan fingerprint density at radius 2 is 1.61 bits per heavy atom. The molecule has 4 rings (SSSR count). The number of hydrogen-bond donors (Lipinski definition) is 1. The van der Waals surface area contributed by atoms with Crippen molar-refractivity contribution in [2.24, 2.45) is 0 Å². The molecule has 0 bridgehead atoms. The smallest absolute Gasteiger partial charge is 0.262 e. The summed E-state index contributed by atoms with van der Waals surface area (Å²) < 4.78 is 5.71. The fourth-order valence-electron chi connectivity index (χ4n) is 4.24. The number of rotatable bonds is 8. The van der Waals surface area contributed by atoms with Crippen molar-refractivity contribution in [1.29, 1.82) is 0 Å². The first-order valence-electron chi connectivity index (χ1n) is 12.4. The summed E-state index contributed by atoms with van der Waals surface area (Å²) in [6.45, 7) is 6.83. The van der Waals surface area contributed by atoms with Crippen LogP contribution in [-0.2, 0) is 4.79 Å². The average Bonchev–Trinajstić information content (AvgIpc) is 2.92. The van der Waals surface area contributed by atoms with Gasteiger partial charge in [-0.25, -0.2) is 0 Å². The van der Waals surface area contributed by atoms with Crippen molar-refractivity contribution in [2.75, 3.05) is 43.0 Å². The number of para-hydroxylation sites is 2. The van der Waals surface area contributed by atoms with Crippen molar-refractivity contribution >= 4 is 34.8 Å². The van der Waals surface area contributed by atoms with E-state index in [-0.39, 0.29) is 18.4 Å². The Balaban J connectivity index is 1.32. The number of carbonyl (C=O) groups excluding carboxylic acids is 2. The molecule has 6 nitrogen and oxygen atoms in total. The third-order valence-electron chi connectivity index (χ3n) is 6.61. The molecule has 3 aromatic carbocycles. The molecule has 0 saturated carbocycles. The second kappa shape index (κ2) is 12.0. The molecule has 7 heteroatoms. The standard InChI is InChI=1S/C29H32ClN3O3/c1-3-21(2)22-10-14-25(15-11-22)36-20-28(34)31-26-6-4-5-7-27(26)32-16-18-33(19-17-32)29(35)23-8-12-24(30)13-9-23/h4-15,21H,3,16-20H2,1-2H3,(H,31,34)/t21-/m0/s1. The highest BCUT2D eigenvalue weighted by Crippen LogP contribution is 2.27. The summed E-state index contributed by atoms with van der Waals surface area (Å²) in [7, 11) is 0. The lowest BCUT2D eigenvalue weighted by atomic mass is 9.99. The molecule has 0 aliphatic carbocycles. The molecule has 1 saturated heterocycles. The van der Waals surface area contributed by atoms with Gasteiger partial charge in [0.1, 0.15) is 5.75 Å². The minimum absolute atomic E-state index is 0.00207. The Kier molecular flexibility index (Phi) is 8.49. The van der Waals surface area contributed by atoms with E-state index >= 15 is 0 Å². The van der Waals surface area contributed by atoms with E-state index in [1.54, 1.807) is 24.3 Å². The molecule has 2 amide bonds. The van der Waals surface area contributed by atoms with Crippen molar-refractivity contribution in [1.82, 2.24) is 4.90 Å². The molecule has 1 fully saturated rings. The van der Waals surface area contributed by atoms with E-state index in [1.165, 1.54) is 5.56 Å². The van der Waals surface area contributed by atoms with E-state index in [0.717, 1.165) is 17.8 Å². The van der Waals surface area contributed by atoms with Gasteiger partial charge in [-0.2, -0.15) is 0 Å². The molecule has 0 spiro atoms. The first-order valence-corrected chi connectivity index (χ1v) is 12.7. The normalized spacial score (nSPS) is 14.3. The summed E-state index contributed by atoms with van der Waals surface area (Å²) in [5.41, 5.74) is 3.56. The fourth-order valence-corrected chi connectivity index (χ4v) is 4.37. The highest BCUT2D eigenvalue weighted by atomic mass is 35.5. The van der Waals surface area contributed by atoms with Gasteiger partial charge >= 0.3 is 0 Å². The minimum atomic E-state index is -0.218. The summed E-state index contributed by atoms with van der Waals surface area (Å²) in [6.07, 6.45) is 1.08. The van der Waals surface area contributed by atoms with Gasteiger partial charge in [0.2, 0.25) is 0 Å². The average molecular weight is 506 g/mol. The Hall–Kier alpha value is -3.51. The molecular weight excluding hydrogens is 474 g/mol. The second-order valence-electron chi connectivity index (χ2n) is 9.02. The maximum atomic E-state index is 12.8. The van der Waals surface area contributed by atoms with Crippen LogP contribution in [0.1, 0.15) is 42.1 Å². The lowest BCUT2D eigenvalue weighted by Crippen LogP contribution is -2.49. The number of ether oxygens (including phenoxy) is 1. The van der Waals surface area contributed by atoms with Gasteiger partial charge in [0, 0.05) is 36.8 Å². The molecule has 1 atom stereocenters. The van der Waals surface area contributed by atoms with Crippen molar-refractivity contribution in [2.45, 2.75) is 26.2 Å². The second-order valence-corrected chi connectivity index (χ2v) is 9.45. The highest BCUT2D eigenvalue weighted by Gasteiger charge is 2.24. The largest absolute Gasteiger partial charge is 0.484 e. The zero-order valence-corrected chi connectivity index (χ0v) is 21.5. The third-order valence-corrected chi connectivity index (χ3v) is 6.86. The van der Waals surface area contributed by atoms with Crippen LogP contribution in [0.25, 0.3) is 0 Å². The zero-order valence-electron chi connectivity index (χ0n) is 20.7. The maximum absolute atomic E-state index is 12.8. The quantitative estimate of drug-likeness (QED) is 0.418. The topological polar surface area (TPSA) is 61.9 Å². The number of hydrogen-bond acceptors (Lipinski definition) is 4. The minimum Gasteiger partial charge on any atom is -0.484 e.